The van der Waals surface area contributed by atoms with E-state index in [0.717, 1.165) is 47.2 Å². The van der Waals surface area contributed by atoms with Crippen molar-refractivity contribution in [2.24, 2.45) is 0 Å². The maximum absolute atomic E-state index is 12.9. The number of piperidine rings is 1. The van der Waals surface area contributed by atoms with E-state index in [1.165, 1.54) is 0 Å². The number of hydrogen-bond acceptors (Lipinski definition) is 4. The van der Waals surface area contributed by atoms with Gasteiger partial charge >= 0.3 is 5.97 Å². The highest BCUT2D eigenvalue weighted by Gasteiger charge is 2.28. The molecule has 0 amide bonds. The number of aliphatic carboxylic acids is 1. The van der Waals surface area contributed by atoms with Gasteiger partial charge in [-0.25, -0.2) is 0 Å². The van der Waals surface area contributed by atoms with Crippen LogP contribution in [0.15, 0.2) is 66.9 Å². The summed E-state index contributed by atoms with van der Waals surface area (Å²) in [5.41, 5.74) is 5.74. The Kier molecular flexibility index (Phi) is 6.76. The molecule has 1 fully saturated rings. The largest absolute Gasteiger partial charge is 0.480 e. The van der Waals surface area contributed by atoms with Gasteiger partial charge in [0.25, 0.3) is 0 Å². The van der Waals surface area contributed by atoms with Crippen LogP contribution >= 0.6 is 0 Å². The monoisotopic (exact) mass is 428 g/mol. The highest BCUT2D eigenvalue weighted by atomic mass is 16.4. The number of benzene rings is 2. The third kappa shape index (κ3) is 4.94. The van der Waals surface area contributed by atoms with Gasteiger partial charge in [-0.05, 0) is 60.2 Å². The Morgan fingerprint density at radius 1 is 1.03 bits per heavy atom. The number of aromatic nitrogens is 1. The number of Topliss-reactive ketones (excluding diaryl/α,β-unsaturated/α-hetero) is 1. The summed E-state index contributed by atoms with van der Waals surface area (Å²) in [6, 6.07) is 19.4. The number of hydrogen-bond donors (Lipinski definition) is 1. The first kappa shape index (κ1) is 21.9. The van der Waals surface area contributed by atoms with Gasteiger partial charge in [0.1, 0.15) is 11.7 Å². The Morgan fingerprint density at radius 3 is 2.56 bits per heavy atom. The molecule has 164 valence electrons. The van der Waals surface area contributed by atoms with Crippen molar-refractivity contribution in [2.45, 2.75) is 45.2 Å². The molecule has 1 saturated heterocycles. The standard InChI is InChI=1S/C27H28N2O3/c1-19-22(10-7-11-23(19)21-8-3-2-4-9-21)16-26(30)24-14-13-20(17-28-24)18-29-15-6-5-12-25(29)27(31)32/h2-4,7-11,13-14,17,25H,5-6,12,15-16,18H2,1H3,(H,31,32)/t25-/m0/s1. The summed E-state index contributed by atoms with van der Waals surface area (Å²) >= 11 is 0. The predicted octanol–water partition coefficient (Wildman–Crippen LogP) is 4.92. The molecule has 0 spiro atoms. The Morgan fingerprint density at radius 2 is 1.84 bits per heavy atom. The van der Waals surface area contributed by atoms with Crippen LogP contribution in [0.2, 0.25) is 0 Å². The van der Waals surface area contributed by atoms with Crippen molar-refractivity contribution in [3.8, 4) is 11.1 Å². The number of carbonyl (C=O) groups is 2. The summed E-state index contributed by atoms with van der Waals surface area (Å²) < 4.78 is 0. The molecule has 1 aliphatic rings. The van der Waals surface area contributed by atoms with Crippen molar-refractivity contribution in [3.05, 3.63) is 89.2 Å². The first-order chi connectivity index (χ1) is 15.5. The molecule has 0 unspecified atom stereocenters. The van der Waals surface area contributed by atoms with Crippen LogP contribution in [-0.4, -0.2) is 39.3 Å². The second kappa shape index (κ2) is 9.88. The fourth-order valence-corrected chi connectivity index (χ4v) is 4.45. The molecular formula is C27H28N2O3. The van der Waals surface area contributed by atoms with Crippen molar-refractivity contribution in [2.75, 3.05) is 6.54 Å². The van der Waals surface area contributed by atoms with Crippen molar-refractivity contribution >= 4 is 11.8 Å². The minimum absolute atomic E-state index is 0.0220. The molecule has 1 N–H and O–H groups in total. The molecule has 2 aromatic carbocycles. The minimum atomic E-state index is -0.766. The lowest BCUT2D eigenvalue weighted by atomic mass is 9.93. The molecule has 4 rings (SSSR count). The van der Waals surface area contributed by atoms with Crippen molar-refractivity contribution in [1.29, 1.82) is 0 Å². The quantitative estimate of drug-likeness (QED) is 0.541. The van der Waals surface area contributed by atoms with Gasteiger partial charge in [-0.3, -0.25) is 19.5 Å². The smallest absolute Gasteiger partial charge is 0.320 e. The minimum Gasteiger partial charge on any atom is -0.480 e. The Labute approximate surface area is 188 Å². The Balaban J connectivity index is 1.45. The second-order valence-electron chi connectivity index (χ2n) is 8.43. The zero-order valence-electron chi connectivity index (χ0n) is 18.3. The number of nitrogens with zero attached hydrogens (tertiary/aromatic N) is 2. The van der Waals surface area contributed by atoms with E-state index < -0.39 is 12.0 Å². The van der Waals surface area contributed by atoms with Crippen LogP contribution in [0.25, 0.3) is 11.1 Å². The topological polar surface area (TPSA) is 70.5 Å². The van der Waals surface area contributed by atoms with Gasteiger partial charge in [0, 0.05) is 19.2 Å². The number of pyridine rings is 1. The average molecular weight is 429 g/mol. The summed E-state index contributed by atoms with van der Waals surface area (Å²) in [5, 5.41) is 9.46. The molecule has 32 heavy (non-hydrogen) atoms. The van der Waals surface area contributed by atoms with Crippen molar-refractivity contribution in [3.63, 3.8) is 0 Å². The third-order valence-electron chi connectivity index (χ3n) is 6.28. The molecule has 1 aromatic heterocycles. The third-order valence-corrected chi connectivity index (χ3v) is 6.28. The summed E-state index contributed by atoms with van der Waals surface area (Å²) in [5.74, 6) is -0.788. The molecule has 3 aromatic rings. The van der Waals surface area contributed by atoms with E-state index in [2.05, 4.69) is 30.1 Å². The number of carbonyl (C=O) groups excluding carboxylic acids is 1. The molecular weight excluding hydrogens is 400 g/mol. The van der Waals surface area contributed by atoms with E-state index in [1.54, 1.807) is 12.3 Å². The molecule has 2 heterocycles. The van der Waals surface area contributed by atoms with Crippen LogP contribution in [0.4, 0.5) is 0 Å². The Hall–Kier alpha value is -3.31. The lowest BCUT2D eigenvalue weighted by Crippen LogP contribution is -2.44. The van der Waals surface area contributed by atoms with E-state index in [-0.39, 0.29) is 5.78 Å². The molecule has 5 heteroatoms. The number of rotatable bonds is 7. The zero-order chi connectivity index (χ0) is 22.5. The first-order valence-corrected chi connectivity index (χ1v) is 11.1. The van der Waals surface area contributed by atoms with Crippen LogP contribution in [-0.2, 0) is 17.8 Å². The lowest BCUT2D eigenvalue weighted by Gasteiger charge is -2.32. The summed E-state index contributed by atoms with van der Waals surface area (Å²) in [7, 11) is 0. The predicted molar refractivity (Wildman–Crippen MR) is 125 cm³/mol. The maximum Gasteiger partial charge on any atom is 0.320 e. The fourth-order valence-electron chi connectivity index (χ4n) is 4.45. The highest BCUT2D eigenvalue weighted by molar-refractivity contribution is 5.96. The molecule has 5 nitrogen and oxygen atoms in total. The second-order valence-corrected chi connectivity index (χ2v) is 8.43. The van der Waals surface area contributed by atoms with E-state index in [4.69, 9.17) is 0 Å². The van der Waals surface area contributed by atoms with Gasteiger partial charge in [-0.2, -0.15) is 0 Å². The van der Waals surface area contributed by atoms with Crippen LogP contribution < -0.4 is 0 Å². The number of carboxylic acid groups (broad SMARTS) is 1. The van der Waals surface area contributed by atoms with E-state index in [1.807, 2.05) is 41.3 Å². The maximum atomic E-state index is 12.9. The van der Waals surface area contributed by atoms with E-state index in [9.17, 15) is 14.7 Å². The van der Waals surface area contributed by atoms with Crippen LogP contribution in [0.3, 0.4) is 0 Å². The van der Waals surface area contributed by atoms with Crippen molar-refractivity contribution in [1.82, 2.24) is 9.88 Å². The van der Waals surface area contributed by atoms with Gasteiger partial charge in [-0.15, -0.1) is 0 Å². The van der Waals surface area contributed by atoms with Gasteiger partial charge in [-0.1, -0.05) is 61.0 Å². The lowest BCUT2D eigenvalue weighted by molar-refractivity contribution is -0.144. The van der Waals surface area contributed by atoms with Gasteiger partial charge in [0.15, 0.2) is 5.78 Å². The average Bonchev–Trinajstić information content (AvgIpc) is 2.81. The Bertz CT molecular complexity index is 1090. The van der Waals surface area contributed by atoms with E-state index >= 15 is 0 Å². The zero-order valence-corrected chi connectivity index (χ0v) is 18.3. The van der Waals surface area contributed by atoms with Gasteiger partial charge in [0.05, 0.1) is 0 Å². The van der Waals surface area contributed by atoms with Crippen molar-refractivity contribution < 1.29 is 14.7 Å². The molecule has 1 atom stereocenters. The summed E-state index contributed by atoms with van der Waals surface area (Å²) in [6.45, 7) is 3.37. The SMILES string of the molecule is Cc1c(CC(=O)c2ccc(CN3CCCC[C@H]3C(=O)O)cn2)cccc1-c1ccccc1. The number of carboxylic acids is 1. The van der Waals surface area contributed by atoms with Gasteiger partial charge in [0.2, 0.25) is 0 Å². The van der Waals surface area contributed by atoms with Crippen LogP contribution in [0, 0.1) is 6.92 Å². The summed E-state index contributed by atoms with van der Waals surface area (Å²) in [6.07, 6.45) is 4.64. The highest BCUT2D eigenvalue weighted by Crippen LogP contribution is 2.26. The number of likely N-dealkylation sites (tertiary alicyclic amines) is 1. The van der Waals surface area contributed by atoms with E-state index in [0.29, 0.717) is 25.1 Å². The molecule has 0 saturated carbocycles. The molecule has 0 aliphatic carbocycles. The van der Waals surface area contributed by atoms with Crippen LogP contribution in [0.1, 0.15) is 46.4 Å². The first-order valence-electron chi connectivity index (χ1n) is 11.1. The molecule has 0 radical (unpaired) electrons. The molecule has 1 aliphatic heterocycles. The van der Waals surface area contributed by atoms with Gasteiger partial charge < -0.3 is 5.11 Å². The fraction of sp³-hybridized carbons (Fsp3) is 0.296. The number of ketones is 1. The molecule has 0 bridgehead atoms. The normalized spacial score (nSPS) is 16.6. The van der Waals surface area contributed by atoms with Crippen LogP contribution in [0.5, 0.6) is 0 Å². The summed E-state index contributed by atoms with van der Waals surface area (Å²) in [4.78, 5) is 30.8.